The third-order valence-electron chi connectivity index (χ3n) is 3.60. The van der Waals surface area contributed by atoms with Crippen LogP contribution >= 0.6 is 24.0 Å². The maximum atomic E-state index is 4.32. The third kappa shape index (κ3) is 9.76. The van der Waals surface area contributed by atoms with Gasteiger partial charge in [0, 0.05) is 44.5 Å². The predicted octanol–water partition coefficient (Wildman–Crippen LogP) is 2.38. The molecular weight excluding hydrogens is 401 g/mol. The Labute approximate surface area is 158 Å². The first kappa shape index (κ1) is 22.1. The molecule has 2 N–H and O–H groups in total. The van der Waals surface area contributed by atoms with Crippen LogP contribution in [0.5, 0.6) is 0 Å². The summed E-state index contributed by atoms with van der Waals surface area (Å²) < 4.78 is 0. The van der Waals surface area contributed by atoms with E-state index in [1.54, 1.807) is 0 Å². The fraction of sp³-hybridized carbons (Fsp3) is 0.647. The van der Waals surface area contributed by atoms with Crippen LogP contribution in [0, 0.1) is 5.92 Å². The zero-order valence-corrected chi connectivity index (χ0v) is 17.4. The third-order valence-corrected chi connectivity index (χ3v) is 3.60. The van der Waals surface area contributed by atoms with Gasteiger partial charge in [0.05, 0.1) is 0 Å². The number of hydrogen-bond donors (Lipinski definition) is 2. The molecule has 0 saturated carbocycles. The van der Waals surface area contributed by atoms with Crippen molar-refractivity contribution in [2.75, 3.05) is 34.2 Å². The fourth-order valence-electron chi connectivity index (χ4n) is 2.31. The topological polar surface area (TPSA) is 52.6 Å². The number of halogens is 1. The van der Waals surface area contributed by atoms with Gasteiger partial charge in [-0.3, -0.25) is 9.98 Å². The van der Waals surface area contributed by atoms with Crippen molar-refractivity contribution >= 4 is 29.9 Å². The standard InChI is InChI=1S/C17H31N5.HI/c1-14(2)12-16(22(4)5)13-21-17(18-3)20-11-9-15-8-6-7-10-19-15;/h6-8,10,14,16H,9,11-13H2,1-5H3,(H2,18,20,21);1H. The summed E-state index contributed by atoms with van der Waals surface area (Å²) in [7, 11) is 6.07. The summed E-state index contributed by atoms with van der Waals surface area (Å²) in [6, 6.07) is 6.51. The fourth-order valence-corrected chi connectivity index (χ4v) is 2.31. The first-order valence-corrected chi connectivity index (χ1v) is 8.03. The molecule has 0 radical (unpaired) electrons. The second kappa shape index (κ2) is 12.5. The zero-order valence-electron chi connectivity index (χ0n) is 15.0. The number of hydrogen-bond acceptors (Lipinski definition) is 3. The molecule has 1 unspecified atom stereocenters. The van der Waals surface area contributed by atoms with E-state index < -0.39 is 0 Å². The van der Waals surface area contributed by atoms with Gasteiger partial charge < -0.3 is 15.5 Å². The molecule has 0 aliphatic rings. The highest BCUT2D eigenvalue weighted by atomic mass is 127. The Bertz CT molecular complexity index is 434. The quantitative estimate of drug-likeness (QED) is 0.376. The largest absolute Gasteiger partial charge is 0.356 e. The first-order valence-electron chi connectivity index (χ1n) is 8.03. The monoisotopic (exact) mass is 433 g/mol. The van der Waals surface area contributed by atoms with Gasteiger partial charge in [-0.1, -0.05) is 19.9 Å². The molecule has 1 aromatic rings. The molecule has 1 atom stereocenters. The van der Waals surface area contributed by atoms with Crippen LogP contribution < -0.4 is 10.6 Å². The van der Waals surface area contributed by atoms with E-state index in [2.05, 4.69) is 53.5 Å². The number of aliphatic imine (C=N–C) groups is 1. The van der Waals surface area contributed by atoms with Crippen LogP contribution in [0.2, 0.25) is 0 Å². The summed E-state index contributed by atoms with van der Waals surface area (Å²) in [6.07, 6.45) is 3.89. The highest BCUT2D eigenvalue weighted by Gasteiger charge is 2.13. The summed E-state index contributed by atoms with van der Waals surface area (Å²) in [5.74, 6) is 1.54. The van der Waals surface area contributed by atoms with Crippen molar-refractivity contribution in [3.05, 3.63) is 30.1 Å². The number of nitrogens with one attached hydrogen (secondary N) is 2. The van der Waals surface area contributed by atoms with Crippen molar-refractivity contribution in [1.82, 2.24) is 20.5 Å². The summed E-state index contributed by atoms with van der Waals surface area (Å²) in [6.45, 7) is 6.24. The molecule has 0 bridgehead atoms. The number of likely N-dealkylation sites (N-methyl/N-ethyl adjacent to an activating group) is 1. The number of aromatic nitrogens is 1. The van der Waals surface area contributed by atoms with E-state index in [-0.39, 0.29) is 24.0 Å². The van der Waals surface area contributed by atoms with Gasteiger partial charge in [-0.15, -0.1) is 24.0 Å². The highest BCUT2D eigenvalue weighted by Crippen LogP contribution is 2.07. The minimum absolute atomic E-state index is 0. The van der Waals surface area contributed by atoms with E-state index in [1.807, 2.05) is 31.4 Å². The molecule has 0 spiro atoms. The van der Waals surface area contributed by atoms with Crippen LogP contribution in [0.4, 0.5) is 0 Å². The molecular formula is C17H32IN5. The van der Waals surface area contributed by atoms with E-state index in [4.69, 9.17) is 0 Å². The predicted molar refractivity (Wildman–Crippen MR) is 110 cm³/mol. The number of rotatable bonds is 8. The van der Waals surface area contributed by atoms with Gasteiger partial charge in [0.2, 0.25) is 0 Å². The molecule has 1 heterocycles. The molecule has 1 aromatic heterocycles. The lowest BCUT2D eigenvalue weighted by Gasteiger charge is -2.27. The zero-order chi connectivity index (χ0) is 16.4. The molecule has 0 aromatic carbocycles. The maximum absolute atomic E-state index is 4.32. The van der Waals surface area contributed by atoms with Gasteiger partial charge in [-0.05, 0) is 38.6 Å². The smallest absolute Gasteiger partial charge is 0.191 e. The van der Waals surface area contributed by atoms with Gasteiger partial charge in [0.25, 0.3) is 0 Å². The van der Waals surface area contributed by atoms with Crippen molar-refractivity contribution in [3.8, 4) is 0 Å². The maximum Gasteiger partial charge on any atom is 0.191 e. The van der Waals surface area contributed by atoms with Crippen molar-refractivity contribution in [1.29, 1.82) is 0 Å². The van der Waals surface area contributed by atoms with Gasteiger partial charge in [0.15, 0.2) is 5.96 Å². The Morgan fingerprint density at radius 3 is 2.52 bits per heavy atom. The van der Waals surface area contributed by atoms with Crippen molar-refractivity contribution in [3.63, 3.8) is 0 Å². The number of nitrogens with zero attached hydrogens (tertiary/aromatic N) is 3. The lowest BCUT2D eigenvalue weighted by molar-refractivity contribution is 0.254. The van der Waals surface area contributed by atoms with Crippen LogP contribution in [0.1, 0.15) is 26.0 Å². The Morgan fingerprint density at radius 1 is 1.26 bits per heavy atom. The second-order valence-corrected chi connectivity index (χ2v) is 6.20. The lowest BCUT2D eigenvalue weighted by Crippen LogP contribution is -2.45. The van der Waals surface area contributed by atoms with Crippen LogP contribution in [0.3, 0.4) is 0 Å². The molecule has 1 rings (SSSR count). The van der Waals surface area contributed by atoms with E-state index in [0.717, 1.165) is 31.2 Å². The SMILES string of the molecule is CN=C(NCCc1ccccn1)NCC(CC(C)C)N(C)C.I. The molecule has 6 heteroatoms. The summed E-state index contributed by atoms with van der Waals surface area (Å²) in [5.41, 5.74) is 1.09. The van der Waals surface area contributed by atoms with Crippen LogP contribution in [0.15, 0.2) is 29.4 Å². The van der Waals surface area contributed by atoms with Crippen molar-refractivity contribution in [2.24, 2.45) is 10.9 Å². The Hall–Kier alpha value is -0.890. The van der Waals surface area contributed by atoms with Crippen molar-refractivity contribution < 1.29 is 0 Å². The molecule has 5 nitrogen and oxygen atoms in total. The van der Waals surface area contributed by atoms with Crippen LogP contribution in [0.25, 0.3) is 0 Å². The van der Waals surface area contributed by atoms with E-state index in [0.29, 0.717) is 12.0 Å². The lowest BCUT2D eigenvalue weighted by atomic mass is 10.0. The number of guanidine groups is 1. The average molecular weight is 433 g/mol. The van der Waals surface area contributed by atoms with Crippen LogP contribution in [-0.2, 0) is 6.42 Å². The molecule has 0 fully saturated rings. The molecule has 23 heavy (non-hydrogen) atoms. The number of pyridine rings is 1. The summed E-state index contributed by atoms with van der Waals surface area (Å²) >= 11 is 0. The van der Waals surface area contributed by atoms with Gasteiger partial charge in [-0.25, -0.2) is 0 Å². The molecule has 132 valence electrons. The van der Waals surface area contributed by atoms with Crippen molar-refractivity contribution in [2.45, 2.75) is 32.7 Å². The van der Waals surface area contributed by atoms with E-state index in [1.165, 1.54) is 6.42 Å². The normalized spacial score (nSPS) is 12.9. The highest BCUT2D eigenvalue weighted by molar-refractivity contribution is 14.0. The Morgan fingerprint density at radius 2 is 2.00 bits per heavy atom. The Balaban J connectivity index is 0.00000484. The average Bonchev–Trinajstić information content (AvgIpc) is 2.49. The van der Waals surface area contributed by atoms with Gasteiger partial charge in [-0.2, -0.15) is 0 Å². The minimum atomic E-state index is 0. The molecule has 0 saturated heterocycles. The van der Waals surface area contributed by atoms with Crippen LogP contribution in [-0.4, -0.2) is 56.1 Å². The summed E-state index contributed by atoms with van der Waals surface area (Å²) in [4.78, 5) is 10.9. The van der Waals surface area contributed by atoms with Gasteiger partial charge >= 0.3 is 0 Å². The minimum Gasteiger partial charge on any atom is -0.356 e. The molecule has 0 aliphatic carbocycles. The second-order valence-electron chi connectivity index (χ2n) is 6.20. The van der Waals surface area contributed by atoms with E-state index in [9.17, 15) is 0 Å². The van der Waals surface area contributed by atoms with E-state index >= 15 is 0 Å². The molecule has 0 aliphatic heterocycles. The summed E-state index contributed by atoms with van der Waals surface area (Å²) in [5, 5.41) is 6.77. The first-order chi connectivity index (χ1) is 10.5. The molecule has 0 amide bonds. The Kier molecular flexibility index (Phi) is 12.0. The van der Waals surface area contributed by atoms with Gasteiger partial charge in [0.1, 0.15) is 0 Å².